The molecule has 0 atom stereocenters. The highest BCUT2D eigenvalue weighted by Gasteiger charge is 2.20. The van der Waals surface area contributed by atoms with Gasteiger partial charge in [-0.3, -0.25) is 0 Å². The van der Waals surface area contributed by atoms with Crippen LogP contribution in [0.2, 0.25) is 0 Å². The van der Waals surface area contributed by atoms with Crippen LogP contribution in [0.15, 0.2) is 271 Å². The summed E-state index contributed by atoms with van der Waals surface area (Å²) in [5.41, 5.74) is 20.0. The highest BCUT2D eigenvalue weighted by atomic mass is 16.3. The van der Waals surface area contributed by atoms with Crippen molar-refractivity contribution < 1.29 is 4.42 Å². The molecule has 3 heteroatoms. The molecule has 0 bridgehead atoms. The second-order valence-electron chi connectivity index (χ2n) is 17.7. The minimum absolute atomic E-state index is 0.879. The van der Waals surface area contributed by atoms with E-state index in [0.29, 0.717) is 0 Å². The Labute approximate surface area is 401 Å². The molecular weight excluding hydrogens is 837 g/mol. The third-order valence-electron chi connectivity index (χ3n) is 13.6. The predicted molar refractivity (Wildman–Crippen MR) is 290 cm³/mol. The summed E-state index contributed by atoms with van der Waals surface area (Å²) in [6.45, 7) is 0. The van der Waals surface area contributed by atoms with Crippen molar-refractivity contribution in [3.8, 4) is 61.3 Å². The van der Waals surface area contributed by atoms with Crippen LogP contribution in [0, 0.1) is 0 Å². The molecule has 13 aromatic rings. The fraction of sp³-hybridized carbons (Fsp3) is 0. The Kier molecular flexibility index (Phi) is 9.84. The lowest BCUT2D eigenvalue weighted by molar-refractivity contribution is 0.669. The summed E-state index contributed by atoms with van der Waals surface area (Å²) in [6, 6.07) is 96.4. The molecule has 0 aliphatic heterocycles. The van der Waals surface area contributed by atoms with Crippen LogP contribution in [0.4, 0.5) is 17.1 Å². The number of benzene rings is 11. The molecule has 0 radical (unpaired) electrons. The second kappa shape index (κ2) is 16.9. The molecule has 0 aliphatic rings. The number of aromatic nitrogens is 1. The Morgan fingerprint density at radius 1 is 0.246 bits per heavy atom. The fourth-order valence-corrected chi connectivity index (χ4v) is 10.2. The molecule has 69 heavy (non-hydrogen) atoms. The van der Waals surface area contributed by atoms with Gasteiger partial charge in [-0.25, -0.2) is 0 Å². The molecule has 2 aromatic heterocycles. The van der Waals surface area contributed by atoms with Crippen LogP contribution in [0.5, 0.6) is 0 Å². The van der Waals surface area contributed by atoms with E-state index in [4.69, 9.17) is 4.42 Å². The molecule has 3 nitrogen and oxygen atoms in total. The number of hydrogen-bond acceptors (Lipinski definition) is 2. The number of nitrogens with zero attached hydrogens (tertiary/aromatic N) is 2. The van der Waals surface area contributed by atoms with E-state index in [0.717, 1.165) is 78.0 Å². The molecule has 13 rings (SSSR count). The molecule has 0 spiro atoms. The molecular formula is C66H44N2O. The average molecular weight is 881 g/mol. The van der Waals surface area contributed by atoms with Crippen molar-refractivity contribution in [2.24, 2.45) is 0 Å². The minimum atomic E-state index is 0.879. The smallest absolute Gasteiger partial charge is 0.135 e. The average Bonchev–Trinajstić information content (AvgIpc) is 3.97. The third kappa shape index (κ3) is 7.34. The van der Waals surface area contributed by atoms with Gasteiger partial charge in [-0.1, -0.05) is 182 Å². The summed E-state index contributed by atoms with van der Waals surface area (Å²) in [5.74, 6) is 0. The van der Waals surface area contributed by atoms with Crippen LogP contribution in [0.25, 0.3) is 105 Å². The van der Waals surface area contributed by atoms with E-state index in [9.17, 15) is 0 Å². The second-order valence-corrected chi connectivity index (χ2v) is 17.7. The van der Waals surface area contributed by atoms with Crippen molar-refractivity contribution >= 4 is 60.8 Å². The first-order valence-electron chi connectivity index (χ1n) is 23.6. The fourth-order valence-electron chi connectivity index (χ4n) is 10.2. The molecule has 0 N–H and O–H groups in total. The quantitative estimate of drug-likeness (QED) is 0.144. The normalized spacial score (nSPS) is 11.5. The first-order chi connectivity index (χ1) is 34.2. The Balaban J connectivity index is 1.03. The topological polar surface area (TPSA) is 21.3 Å². The highest BCUT2D eigenvalue weighted by Crippen LogP contribution is 2.44. The Morgan fingerprint density at radius 2 is 0.725 bits per heavy atom. The number of furan rings is 1. The van der Waals surface area contributed by atoms with Crippen molar-refractivity contribution in [1.82, 2.24) is 4.57 Å². The van der Waals surface area contributed by atoms with E-state index in [1.54, 1.807) is 0 Å². The lowest BCUT2D eigenvalue weighted by Gasteiger charge is -2.27. The maximum Gasteiger partial charge on any atom is 0.135 e. The van der Waals surface area contributed by atoms with Crippen LogP contribution >= 0.6 is 0 Å². The van der Waals surface area contributed by atoms with E-state index in [1.807, 2.05) is 12.1 Å². The standard InChI is InChI=1S/C66H44N2O/c1-4-15-45(16-5-1)48-27-33-55(34-28-48)67(57-22-14-21-50(40-57)47-19-8-3-9-20-47)58-41-53(51-32-38-66-62(43-51)61-24-11-13-26-65(61)69-66)39-54(42-58)52-31-37-60-59-23-10-12-25-63(59)68(64(60)44-52)56-35-29-49(30-36-56)46-17-6-2-7-18-46/h1-44H. The molecule has 0 amide bonds. The van der Waals surface area contributed by atoms with Gasteiger partial charge in [-0.2, -0.15) is 0 Å². The van der Waals surface area contributed by atoms with E-state index >= 15 is 0 Å². The molecule has 0 aliphatic carbocycles. The molecule has 2 heterocycles. The van der Waals surface area contributed by atoms with Gasteiger partial charge in [0.05, 0.1) is 11.0 Å². The van der Waals surface area contributed by atoms with Gasteiger partial charge in [0.2, 0.25) is 0 Å². The largest absolute Gasteiger partial charge is 0.456 e. The highest BCUT2D eigenvalue weighted by molar-refractivity contribution is 6.11. The van der Waals surface area contributed by atoms with Crippen molar-refractivity contribution in [3.63, 3.8) is 0 Å². The summed E-state index contributed by atoms with van der Waals surface area (Å²) in [6.07, 6.45) is 0. The molecule has 0 saturated carbocycles. The van der Waals surface area contributed by atoms with E-state index in [-0.39, 0.29) is 0 Å². The summed E-state index contributed by atoms with van der Waals surface area (Å²) < 4.78 is 8.75. The Morgan fingerprint density at radius 3 is 1.42 bits per heavy atom. The van der Waals surface area contributed by atoms with E-state index in [2.05, 4.69) is 264 Å². The van der Waals surface area contributed by atoms with Crippen molar-refractivity contribution in [3.05, 3.63) is 267 Å². The van der Waals surface area contributed by atoms with Gasteiger partial charge in [-0.15, -0.1) is 0 Å². The van der Waals surface area contributed by atoms with Gasteiger partial charge in [0.1, 0.15) is 11.2 Å². The molecule has 0 saturated heterocycles. The van der Waals surface area contributed by atoms with Gasteiger partial charge < -0.3 is 13.9 Å². The minimum Gasteiger partial charge on any atom is -0.456 e. The molecule has 11 aromatic carbocycles. The first kappa shape index (κ1) is 40.1. The van der Waals surface area contributed by atoms with Gasteiger partial charge in [0.15, 0.2) is 0 Å². The number of rotatable bonds is 9. The van der Waals surface area contributed by atoms with Crippen LogP contribution < -0.4 is 4.90 Å². The first-order valence-corrected chi connectivity index (χ1v) is 23.6. The van der Waals surface area contributed by atoms with Crippen molar-refractivity contribution in [1.29, 1.82) is 0 Å². The molecule has 0 fully saturated rings. The lowest BCUT2D eigenvalue weighted by Crippen LogP contribution is -2.10. The maximum absolute atomic E-state index is 6.34. The zero-order valence-electron chi connectivity index (χ0n) is 37.7. The Bertz CT molecular complexity index is 3980. The summed E-state index contributed by atoms with van der Waals surface area (Å²) in [4.78, 5) is 2.41. The van der Waals surface area contributed by atoms with Gasteiger partial charge in [0.25, 0.3) is 0 Å². The van der Waals surface area contributed by atoms with Crippen molar-refractivity contribution in [2.75, 3.05) is 4.90 Å². The third-order valence-corrected chi connectivity index (χ3v) is 13.6. The molecule has 0 unspecified atom stereocenters. The summed E-state index contributed by atoms with van der Waals surface area (Å²) in [7, 11) is 0. The molecule has 324 valence electrons. The number of fused-ring (bicyclic) bond motifs is 6. The number of para-hydroxylation sites is 2. The van der Waals surface area contributed by atoms with Crippen LogP contribution in [0.1, 0.15) is 0 Å². The zero-order chi connectivity index (χ0) is 45.7. The van der Waals surface area contributed by atoms with Crippen LogP contribution in [0.3, 0.4) is 0 Å². The SMILES string of the molecule is c1ccc(-c2ccc(N(c3cccc(-c4ccccc4)c3)c3cc(-c4ccc5oc6ccccc6c5c4)cc(-c4ccc5c6ccccc6n(-c6ccc(-c7ccccc7)cc6)c5c4)c3)cc2)cc1. The maximum atomic E-state index is 6.34. The monoisotopic (exact) mass is 880 g/mol. The summed E-state index contributed by atoms with van der Waals surface area (Å²) in [5, 5.41) is 4.65. The zero-order valence-corrected chi connectivity index (χ0v) is 37.7. The van der Waals surface area contributed by atoms with Crippen LogP contribution in [-0.2, 0) is 0 Å². The predicted octanol–water partition coefficient (Wildman–Crippen LogP) is 18.5. The van der Waals surface area contributed by atoms with E-state index < -0.39 is 0 Å². The van der Waals surface area contributed by atoms with Gasteiger partial charge >= 0.3 is 0 Å². The summed E-state index contributed by atoms with van der Waals surface area (Å²) >= 11 is 0. The van der Waals surface area contributed by atoms with Gasteiger partial charge in [0, 0.05) is 44.3 Å². The van der Waals surface area contributed by atoms with Gasteiger partial charge in [-0.05, 0) is 141 Å². The van der Waals surface area contributed by atoms with Crippen molar-refractivity contribution in [2.45, 2.75) is 0 Å². The number of hydrogen-bond donors (Lipinski definition) is 0. The van der Waals surface area contributed by atoms with E-state index in [1.165, 1.54) is 44.1 Å². The number of anilines is 3. The van der Waals surface area contributed by atoms with Crippen LogP contribution in [-0.4, -0.2) is 4.57 Å². The lowest BCUT2D eigenvalue weighted by atomic mass is 9.95. The Hall–Kier alpha value is -9.18.